The van der Waals surface area contributed by atoms with Gasteiger partial charge in [-0.3, -0.25) is 4.79 Å². The van der Waals surface area contributed by atoms with Crippen molar-refractivity contribution in [3.63, 3.8) is 0 Å². The summed E-state index contributed by atoms with van der Waals surface area (Å²) in [5.41, 5.74) is 1.72. The van der Waals surface area contributed by atoms with Crippen molar-refractivity contribution in [2.75, 3.05) is 18.6 Å². The van der Waals surface area contributed by atoms with Gasteiger partial charge in [0.1, 0.15) is 0 Å². The van der Waals surface area contributed by atoms with Gasteiger partial charge in [-0.15, -0.1) is 0 Å². The van der Waals surface area contributed by atoms with E-state index in [9.17, 15) is 4.79 Å². The molecular weight excluding hydrogens is 286 g/mol. The first kappa shape index (κ1) is 15.7. The zero-order valence-electron chi connectivity index (χ0n) is 11.9. The molecule has 1 aromatic carbocycles. The van der Waals surface area contributed by atoms with Crippen LogP contribution in [0.5, 0.6) is 0 Å². The van der Waals surface area contributed by atoms with Crippen molar-refractivity contribution in [1.82, 2.24) is 5.32 Å². The average molecular weight is 305 g/mol. The molecule has 0 saturated carbocycles. The van der Waals surface area contributed by atoms with Crippen molar-refractivity contribution in [1.29, 1.82) is 0 Å². The molecule has 2 aromatic rings. The number of rotatable bonds is 7. The molecule has 1 aromatic heterocycles. The molecule has 0 aliphatic heterocycles. The zero-order valence-corrected chi connectivity index (χ0v) is 12.7. The fourth-order valence-electron chi connectivity index (χ4n) is 2.14. The molecule has 112 valence electrons. The number of nitrogens with one attached hydrogen (secondary N) is 1. The Morgan fingerprint density at radius 1 is 1.33 bits per heavy atom. The number of carbonyl (C=O) groups excluding carboxylic acids is 1. The number of aliphatic hydroxyl groups excluding tert-OH is 1. The summed E-state index contributed by atoms with van der Waals surface area (Å²) in [5.74, 6) is 0.824. The van der Waals surface area contributed by atoms with Crippen molar-refractivity contribution >= 4 is 17.7 Å². The molecule has 0 aliphatic rings. The van der Waals surface area contributed by atoms with Gasteiger partial charge >= 0.3 is 0 Å². The molecule has 0 fully saturated rings. The Labute approximate surface area is 128 Å². The van der Waals surface area contributed by atoms with Gasteiger partial charge in [0.25, 0.3) is 5.91 Å². The molecule has 4 nitrogen and oxygen atoms in total. The van der Waals surface area contributed by atoms with Crippen molar-refractivity contribution < 1.29 is 14.3 Å². The van der Waals surface area contributed by atoms with E-state index in [1.807, 2.05) is 36.6 Å². The topological polar surface area (TPSA) is 62.5 Å². The molecule has 0 bridgehead atoms. The van der Waals surface area contributed by atoms with Crippen LogP contribution < -0.4 is 5.32 Å². The fraction of sp³-hybridized carbons (Fsp3) is 0.312. The predicted molar refractivity (Wildman–Crippen MR) is 85.5 cm³/mol. The summed E-state index contributed by atoms with van der Waals surface area (Å²) in [7, 11) is 0. The van der Waals surface area contributed by atoms with E-state index in [4.69, 9.17) is 9.52 Å². The number of carbonyl (C=O) groups is 1. The molecule has 0 spiro atoms. The molecule has 1 unspecified atom stereocenters. The van der Waals surface area contributed by atoms with Crippen LogP contribution in [0.4, 0.5) is 0 Å². The van der Waals surface area contributed by atoms with Crippen LogP contribution in [0, 0.1) is 0 Å². The van der Waals surface area contributed by atoms with Gasteiger partial charge in [-0.2, -0.15) is 11.8 Å². The highest BCUT2D eigenvalue weighted by atomic mass is 32.2. The number of thioether (sulfide) groups is 1. The van der Waals surface area contributed by atoms with Crippen LogP contribution in [0.1, 0.15) is 17.0 Å². The highest BCUT2D eigenvalue weighted by molar-refractivity contribution is 7.98. The van der Waals surface area contributed by atoms with Crippen LogP contribution in [0.25, 0.3) is 11.1 Å². The summed E-state index contributed by atoms with van der Waals surface area (Å²) in [6.45, 7) is 0.0508. The van der Waals surface area contributed by atoms with Crippen molar-refractivity contribution in [3.8, 4) is 11.1 Å². The minimum absolute atomic E-state index is 0.0508. The molecule has 2 N–H and O–H groups in total. The van der Waals surface area contributed by atoms with E-state index in [0.717, 1.165) is 16.9 Å². The normalized spacial score (nSPS) is 12.1. The third-order valence-electron chi connectivity index (χ3n) is 3.14. The summed E-state index contributed by atoms with van der Waals surface area (Å²) >= 11 is 1.63. The zero-order chi connectivity index (χ0) is 15.1. The minimum Gasteiger partial charge on any atom is -0.459 e. The molecule has 21 heavy (non-hydrogen) atoms. The van der Waals surface area contributed by atoms with Crippen LogP contribution in [-0.2, 0) is 0 Å². The Morgan fingerprint density at radius 2 is 2.10 bits per heavy atom. The van der Waals surface area contributed by atoms with Crippen molar-refractivity contribution in [2.24, 2.45) is 0 Å². The second-order valence-corrected chi connectivity index (χ2v) is 5.58. The van der Waals surface area contributed by atoms with E-state index in [1.165, 1.54) is 6.26 Å². The lowest BCUT2D eigenvalue weighted by molar-refractivity contribution is 0.0908. The summed E-state index contributed by atoms with van der Waals surface area (Å²) < 4.78 is 5.36. The van der Waals surface area contributed by atoms with Crippen LogP contribution in [0.15, 0.2) is 47.1 Å². The van der Waals surface area contributed by atoms with Gasteiger partial charge in [0.2, 0.25) is 0 Å². The summed E-state index contributed by atoms with van der Waals surface area (Å²) in [6.07, 6.45) is 4.03. The van der Waals surface area contributed by atoms with E-state index >= 15 is 0 Å². The highest BCUT2D eigenvalue weighted by Crippen LogP contribution is 2.24. The summed E-state index contributed by atoms with van der Waals surface area (Å²) in [5, 5.41) is 12.0. The number of furan rings is 1. The number of benzene rings is 1. The average Bonchev–Trinajstić information content (AvgIpc) is 2.98. The first-order valence-electron chi connectivity index (χ1n) is 6.79. The van der Waals surface area contributed by atoms with Crippen molar-refractivity contribution in [3.05, 3.63) is 48.4 Å². The molecule has 1 amide bonds. The number of aliphatic hydroxyl groups is 1. The monoisotopic (exact) mass is 305 g/mol. The fourth-order valence-corrected chi connectivity index (χ4v) is 2.79. The van der Waals surface area contributed by atoms with Gasteiger partial charge in [0.15, 0.2) is 5.76 Å². The molecule has 2 rings (SSSR count). The van der Waals surface area contributed by atoms with Gasteiger partial charge in [0, 0.05) is 24.0 Å². The minimum atomic E-state index is -0.244. The summed E-state index contributed by atoms with van der Waals surface area (Å²) in [4.78, 5) is 12.4. The van der Waals surface area contributed by atoms with E-state index in [1.54, 1.807) is 17.8 Å². The third-order valence-corrected chi connectivity index (χ3v) is 3.87. The first-order valence-corrected chi connectivity index (χ1v) is 8.19. The van der Waals surface area contributed by atoms with E-state index in [-0.39, 0.29) is 18.6 Å². The predicted octanol–water partition coefficient (Wildman–Crippen LogP) is 2.79. The maximum atomic E-state index is 12.4. The van der Waals surface area contributed by atoms with Gasteiger partial charge in [-0.25, -0.2) is 0 Å². The van der Waals surface area contributed by atoms with E-state index < -0.39 is 0 Å². The molecule has 0 aliphatic carbocycles. The lowest BCUT2D eigenvalue weighted by Crippen LogP contribution is -2.37. The maximum absolute atomic E-state index is 12.4. The number of hydrogen-bond donors (Lipinski definition) is 2. The smallest absolute Gasteiger partial charge is 0.287 e. The highest BCUT2D eigenvalue weighted by Gasteiger charge is 2.19. The molecule has 1 heterocycles. The van der Waals surface area contributed by atoms with Crippen LogP contribution in [0.3, 0.4) is 0 Å². The van der Waals surface area contributed by atoms with Gasteiger partial charge in [0.05, 0.1) is 6.26 Å². The molecule has 0 saturated heterocycles. The number of hydrogen-bond acceptors (Lipinski definition) is 4. The SMILES string of the molecule is CSCC(CCO)NC(=O)c1occc1-c1ccccc1. The Bertz CT molecular complexity index is 562. The van der Waals surface area contributed by atoms with Gasteiger partial charge in [-0.1, -0.05) is 30.3 Å². The van der Waals surface area contributed by atoms with Gasteiger partial charge in [-0.05, 0) is 24.3 Å². The second-order valence-electron chi connectivity index (χ2n) is 4.67. The Morgan fingerprint density at radius 3 is 2.76 bits per heavy atom. The van der Waals surface area contributed by atoms with E-state index in [2.05, 4.69) is 5.32 Å². The lowest BCUT2D eigenvalue weighted by atomic mass is 10.1. The van der Waals surface area contributed by atoms with Gasteiger partial charge < -0.3 is 14.8 Å². The Balaban J connectivity index is 2.15. The first-order chi connectivity index (χ1) is 10.3. The van der Waals surface area contributed by atoms with Crippen LogP contribution in [0.2, 0.25) is 0 Å². The summed E-state index contributed by atoms with van der Waals surface area (Å²) in [6, 6.07) is 11.4. The molecule has 1 atom stereocenters. The molecule has 5 heteroatoms. The third kappa shape index (κ3) is 4.12. The Kier molecular flexibility index (Phi) is 5.90. The number of amides is 1. The van der Waals surface area contributed by atoms with Crippen LogP contribution in [-0.4, -0.2) is 35.7 Å². The van der Waals surface area contributed by atoms with Crippen LogP contribution >= 0.6 is 11.8 Å². The molecular formula is C16H19NO3S. The largest absolute Gasteiger partial charge is 0.459 e. The maximum Gasteiger partial charge on any atom is 0.287 e. The van der Waals surface area contributed by atoms with Crippen molar-refractivity contribution in [2.45, 2.75) is 12.5 Å². The standard InChI is InChI=1S/C16H19NO3S/c1-21-11-13(7-9-18)17-16(19)15-14(8-10-20-15)12-5-3-2-4-6-12/h2-6,8,10,13,18H,7,9,11H2,1H3,(H,17,19). The second kappa shape index (κ2) is 7.90. The molecule has 0 radical (unpaired) electrons. The lowest BCUT2D eigenvalue weighted by Gasteiger charge is -2.16. The Hall–Kier alpha value is -1.72. The quantitative estimate of drug-likeness (QED) is 0.825. The van der Waals surface area contributed by atoms with E-state index in [0.29, 0.717) is 12.2 Å².